The van der Waals surface area contributed by atoms with Crippen LogP contribution in [0.15, 0.2) is 108 Å². The van der Waals surface area contributed by atoms with Gasteiger partial charge in [-0.1, -0.05) is 144 Å². The lowest BCUT2D eigenvalue weighted by molar-refractivity contribution is 0.296. The van der Waals surface area contributed by atoms with E-state index in [1.807, 2.05) is 12.3 Å². The minimum atomic E-state index is -2.66. The molecule has 0 aromatic heterocycles. The number of rotatable bonds is 12. The summed E-state index contributed by atoms with van der Waals surface area (Å²) in [6.45, 7) is 9.87. The van der Waals surface area contributed by atoms with Crippen LogP contribution in [0.3, 0.4) is 0 Å². The highest BCUT2D eigenvalue weighted by molar-refractivity contribution is 6.99. The van der Waals surface area contributed by atoms with E-state index >= 15 is 0 Å². The van der Waals surface area contributed by atoms with Gasteiger partial charge in [0.2, 0.25) is 0 Å². The SMILES string of the molecule is CCCCC/C=C/[C@H](C=NCc1ccccc1)O[Si](c1ccccc1)(c1ccccc1)C(C)(C)C. The minimum absolute atomic E-state index is 0.0721. The lowest BCUT2D eigenvalue weighted by Crippen LogP contribution is -2.67. The molecule has 0 saturated carbocycles. The van der Waals surface area contributed by atoms with Crippen molar-refractivity contribution >= 4 is 24.9 Å². The summed E-state index contributed by atoms with van der Waals surface area (Å²) in [7, 11) is -2.66. The van der Waals surface area contributed by atoms with Gasteiger partial charge in [-0.25, -0.2) is 0 Å². The van der Waals surface area contributed by atoms with Gasteiger partial charge in [-0.15, -0.1) is 0 Å². The molecule has 0 radical (unpaired) electrons. The van der Waals surface area contributed by atoms with Crippen molar-refractivity contribution in [1.82, 2.24) is 0 Å². The Morgan fingerprint density at radius 3 is 1.86 bits per heavy atom. The highest BCUT2D eigenvalue weighted by Crippen LogP contribution is 2.37. The lowest BCUT2D eigenvalue weighted by Gasteiger charge is -2.44. The van der Waals surface area contributed by atoms with Crippen LogP contribution in [0.5, 0.6) is 0 Å². The van der Waals surface area contributed by atoms with E-state index in [4.69, 9.17) is 9.42 Å². The van der Waals surface area contributed by atoms with Gasteiger partial charge >= 0.3 is 0 Å². The monoisotopic (exact) mass is 483 g/mol. The summed E-state index contributed by atoms with van der Waals surface area (Å²) < 4.78 is 7.32. The molecule has 3 aromatic carbocycles. The highest BCUT2D eigenvalue weighted by Gasteiger charge is 2.51. The summed E-state index contributed by atoms with van der Waals surface area (Å²) in [4.78, 5) is 4.83. The summed E-state index contributed by atoms with van der Waals surface area (Å²) in [5.41, 5.74) is 1.21. The number of benzene rings is 3. The number of nitrogens with zero attached hydrogens (tertiary/aromatic N) is 1. The summed E-state index contributed by atoms with van der Waals surface area (Å²) in [5, 5.41) is 2.51. The van der Waals surface area contributed by atoms with E-state index in [1.165, 1.54) is 35.2 Å². The fraction of sp³-hybridized carbons (Fsp3) is 0.344. The van der Waals surface area contributed by atoms with Crippen molar-refractivity contribution in [2.45, 2.75) is 71.1 Å². The fourth-order valence-corrected chi connectivity index (χ4v) is 9.17. The van der Waals surface area contributed by atoms with E-state index < -0.39 is 8.32 Å². The van der Waals surface area contributed by atoms with Gasteiger partial charge in [-0.3, -0.25) is 4.99 Å². The first-order valence-electron chi connectivity index (χ1n) is 13.0. The Kier molecular flexibility index (Phi) is 10.3. The van der Waals surface area contributed by atoms with E-state index in [1.54, 1.807) is 0 Å². The second-order valence-corrected chi connectivity index (χ2v) is 14.4. The average molecular weight is 484 g/mol. The third-order valence-corrected chi connectivity index (χ3v) is 11.4. The largest absolute Gasteiger partial charge is 0.396 e. The predicted octanol–water partition coefficient (Wildman–Crippen LogP) is 7.34. The molecule has 35 heavy (non-hydrogen) atoms. The molecule has 184 valence electrons. The Morgan fingerprint density at radius 2 is 1.34 bits per heavy atom. The Labute approximate surface area is 213 Å². The first-order chi connectivity index (χ1) is 17.0. The molecule has 2 nitrogen and oxygen atoms in total. The molecule has 0 unspecified atom stereocenters. The molecule has 3 rings (SSSR count). The molecular weight excluding hydrogens is 442 g/mol. The Hall–Kier alpha value is -2.75. The quantitative estimate of drug-likeness (QED) is 0.114. The molecule has 3 aromatic rings. The van der Waals surface area contributed by atoms with Gasteiger partial charge in [0.05, 0.1) is 12.6 Å². The van der Waals surface area contributed by atoms with Crippen LogP contribution in [0.2, 0.25) is 5.04 Å². The highest BCUT2D eigenvalue weighted by atomic mass is 28.4. The summed E-state index contributed by atoms with van der Waals surface area (Å²) in [5.74, 6) is 0. The van der Waals surface area contributed by atoms with Crippen LogP contribution in [0.25, 0.3) is 0 Å². The number of hydrogen-bond acceptors (Lipinski definition) is 2. The van der Waals surface area contributed by atoms with Crippen LogP contribution in [0.1, 0.15) is 58.9 Å². The fourth-order valence-electron chi connectivity index (χ4n) is 4.60. The van der Waals surface area contributed by atoms with Gasteiger partial charge in [0.1, 0.15) is 0 Å². The Bertz CT molecular complexity index is 1000. The average Bonchev–Trinajstić information content (AvgIpc) is 2.87. The summed E-state index contributed by atoms with van der Waals surface area (Å²) in [6.07, 6.45) is 11.1. The zero-order chi connectivity index (χ0) is 25.0. The van der Waals surface area contributed by atoms with Crippen molar-refractivity contribution in [3.63, 3.8) is 0 Å². The van der Waals surface area contributed by atoms with Crippen molar-refractivity contribution in [2.75, 3.05) is 0 Å². The number of unbranched alkanes of at least 4 members (excludes halogenated alkanes) is 3. The molecule has 0 spiro atoms. The molecule has 0 aliphatic heterocycles. The minimum Gasteiger partial charge on any atom is -0.396 e. The summed E-state index contributed by atoms with van der Waals surface area (Å²) in [6, 6.07) is 32.1. The van der Waals surface area contributed by atoms with Gasteiger partial charge < -0.3 is 4.43 Å². The molecule has 0 fully saturated rings. The van der Waals surface area contributed by atoms with Crippen LogP contribution in [-0.2, 0) is 11.0 Å². The van der Waals surface area contributed by atoms with Gasteiger partial charge in [0.15, 0.2) is 0 Å². The molecule has 0 saturated heterocycles. The topological polar surface area (TPSA) is 21.6 Å². The van der Waals surface area contributed by atoms with Crippen molar-refractivity contribution < 1.29 is 4.43 Å². The lowest BCUT2D eigenvalue weighted by atomic mass is 10.2. The van der Waals surface area contributed by atoms with Crippen molar-refractivity contribution in [1.29, 1.82) is 0 Å². The van der Waals surface area contributed by atoms with Gasteiger partial charge in [-0.2, -0.15) is 0 Å². The molecular formula is C32H41NOSi. The van der Waals surface area contributed by atoms with Gasteiger partial charge in [-0.05, 0) is 33.8 Å². The van der Waals surface area contributed by atoms with Crippen molar-refractivity contribution in [3.8, 4) is 0 Å². The second-order valence-electron chi connectivity index (χ2n) is 10.1. The normalized spacial score (nSPS) is 13.5. The third kappa shape index (κ3) is 7.36. The maximum Gasteiger partial charge on any atom is 0.262 e. The first-order valence-corrected chi connectivity index (χ1v) is 14.9. The van der Waals surface area contributed by atoms with Crippen molar-refractivity contribution in [2.24, 2.45) is 4.99 Å². The predicted molar refractivity (Wildman–Crippen MR) is 154 cm³/mol. The van der Waals surface area contributed by atoms with Gasteiger partial charge in [0.25, 0.3) is 8.32 Å². The molecule has 0 bridgehead atoms. The molecule has 1 atom stereocenters. The number of aliphatic imine (C=N–C) groups is 1. The summed E-state index contributed by atoms with van der Waals surface area (Å²) >= 11 is 0. The van der Waals surface area contributed by atoms with Crippen LogP contribution in [-0.4, -0.2) is 20.6 Å². The smallest absolute Gasteiger partial charge is 0.262 e. The van der Waals surface area contributed by atoms with Crippen molar-refractivity contribution in [3.05, 3.63) is 109 Å². The number of allylic oxidation sites excluding steroid dienone is 1. The molecule has 3 heteroatoms. The van der Waals surface area contributed by atoms with E-state index in [9.17, 15) is 0 Å². The van der Waals surface area contributed by atoms with Crippen LogP contribution >= 0.6 is 0 Å². The first kappa shape index (κ1) is 26.8. The third-order valence-electron chi connectivity index (χ3n) is 6.40. The molecule has 0 N–H and O–H groups in total. The Balaban J connectivity index is 2.00. The van der Waals surface area contributed by atoms with E-state index in [0.717, 1.165) is 6.42 Å². The molecule has 0 aliphatic rings. The van der Waals surface area contributed by atoms with Crippen LogP contribution in [0.4, 0.5) is 0 Å². The van der Waals surface area contributed by atoms with Crippen LogP contribution < -0.4 is 10.4 Å². The maximum atomic E-state index is 7.32. The molecule has 0 heterocycles. The molecule has 0 aliphatic carbocycles. The van der Waals surface area contributed by atoms with E-state index in [2.05, 4.69) is 125 Å². The zero-order valence-corrected chi connectivity index (χ0v) is 22.9. The second kappa shape index (κ2) is 13.4. The van der Waals surface area contributed by atoms with E-state index in [-0.39, 0.29) is 11.1 Å². The van der Waals surface area contributed by atoms with Gasteiger partial charge in [0, 0.05) is 6.21 Å². The molecule has 0 amide bonds. The van der Waals surface area contributed by atoms with Crippen LogP contribution in [0, 0.1) is 0 Å². The van der Waals surface area contributed by atoms with E-state index in [0.29, 0.717) is 6.54 Å². The zero-order valence-electron chi connectivity index (χ0n) is 21.9. The Morgan fingerprint density at radius 1 is 0.800 bits per heavy atom. The maximum absolute atomic E-state index is 7.32. The number of hydrogen-bond donors (Lipinski definition) is 0. The standard InChI is InChI=1S/C32H41NOSi/c1-5-6-7-8-14-21-29(27-33-26-28-19-12-9-13-20-28)34-35(32(2,3)4,30-22-15-10-16-23-30)31-24-17-11-18-25-31/h9-25,27,29H,5-8,26H2,1-4H3/b21-14+,33-27?/t29-/m1/s1.